The number of amides is 2. The van der Waals surface area contributed by atoms with Gasteiger partial charge in [-0.05, 0) is 31.8 Å². The zero-order valence-corrected chi connectivity index (χ0v) is 16.4. The number of piperidine rings is 1. The van der Waals surface area contributed by atoms with E-state index in [4.69, 9.17) is 4.52 Å². The number of likely N-dealkylation sites (tertiary alicyclic amines) is 2. The van der Waals surface area contributed by atoms with Crippen LogP contribution in [0.1, 0.15) is 76.0 Å². The van der Waals surface area contributed by atoms with Crippen molar-refractivity contribution in [2.45, 2.75) is 64.3 Å². The molecule has 7 heteroatoms. The van der Waals surface area contributed by atoms with E-state index < -0.39 is 0 Å². The van der Waals surface area contributed by atoms with Gasteiger partial charge in [-0.3, -0.25) is 9.59 Å². The number of aromatic nitrogens is 2. The molecule has 1 atom stereocenters. The standard InChI is InChI=1S/C20H30N4O3/c1-4-17(25)23-12-9-15(10-13-23)20(26)24-11-7-5-6-8-16(24)18-21-19(14(2)3)27-22-18/h4,14-16H,1,5-13H2,2-3H3. The molecule has 0 radical (unpaired) electrons. The van der Waals surface area contributed by atoms with Crippen molar-refractivity contribution in [3.05, 3.63) is 24.4 Å². The van der Waals surface area contributed by atoms with Gasteiger partial charge in [-0.1, -0.05) is 38.4 Å². The van der Waals surface area contributed by atoms with Gasteiger partial charge >= 0.3 is 0 Å². The molecule has 1 aromatic rings. The number of nitrogens with zero attached hydrogens (tertiary/aromatic N) is 4. The molecular weight excluding hydrogens is 344 g/mol. The number of rotatable bonds is 4. The third-order valence-corrected chi connectivity index (χ3v) is 5.62. The fourth-order valence-corrected chi connectivity index (χ4v) is 3.97. The van der Waals surface area contributed by atoms with Crippen LogP contribution >= 0.6 is 0 Å². The van der Waals surface area contributed by atoms with Crippen molar-refractivity contribution < 1.29 is 14.1 Å². The Labute approximate surface area is 160 Å². The molecule has 0 saturated carbocycles. The summed E-state index contributed by atoms with van der Waals surface area (Å²) >= 11 is 0. The summed E-state index contributed by atoms with van der Waals surface area (Å²) in [5, 5.41) is 4.18. The molecule has 2 saturated heterocycles. The van der Waals surface area contributed by atoms with E-state index in [9.17, 15) is 9.59 Å². The average molecular weight is 374 g/mol. The van der Waals surface area contributed by atoms with E-state index in [0.717, 1.165) is 32.2 Å². The van der Waals surface area contributed by atoms with Crippen LogP contribution in [0.15, 0.2) is 17.2 Å². The first-order valence-electron chi connectivity index (χ1n) is 10.1. The molecule has 1 unspecified atom stereocenters. The van der Waals surface area contributed by atoms with Crippen molar-refractivity contribution >= 4 is 11.8 Å². The van der Waals surface area contributed by atoms with Crippen molar-refractivity contribution in [3.8, 4) is 0 Å². The van der Waals surface area contributed by atoms with E-state index >= 15 is 0 Å². The van der Waals surface area contributed by atoms with Crippen LogP contribution in [0.3, 0.4) is 0 Å². The lowest BCUT2D eigenvalue weighted by molar-refractivity contribution is -0.141. The van der Waals surface area contributed by atoms with Crippen molar-refractivity contribution in [1.29, 1.82) is 0 Å². The highest BCUT2D eigenvalue weighted by Gasteiger charge is 2.36. The summed E-state index contributed by atoms with van der Waals surface area (Å²) < 4.78 is 5.39. The molecule has 0 aliphatic carbocycles. The Balaban J connectivity index is 1.72. The van der Waals surface area contributed by atoms with E-state index in [2.05, 4.69) is 16.7 Å². The maximum Gasteiger partial charge on any atom is 0.245 e. The number of carbonyl (C=O) groups excluding carboxylic acids is 2. The van der Waals surface area contributed by atoms with E-state index in [0.29, 0.717) is 37.6 Å². The Morgan fingerprint density at radius 3 is 2.52 bits per heavy atom. The van der Waals surface area contributed by atoms with Crippen LogP contribution in [0.25, 0.3) is 0 Å². The monoisotopic (exact) mass is 374 g/mol. The van der Waals surface area contributed by atoms with E-state index in [1.165, 1.54) is 6.08 Å². The maximum absolute atomic E-state index is 13.3. The van der Waals surface area contributed by atoms with Gasteiger partial charge in [0.25, 0.3) is 0 Å². The lowest BCUT2D eigenvalue weighted by Gasteiger charge is -2.35. The topological polar surface area (TPSA) is 79.5 Å². The van der Waals surface area contributed by atoms with Crippen LogP contribution in [-0.2, 0) is 9.59 Å². The Morgan fingerprint density at radius 1 is 1.15 bits per heavy atom. The molecule has 0 bridgehead atoms. The Kier molecular flexibility index (Phi) is 6.29. The fraction of sp³-hybridized carbons (Fsp3) is 0.700. The molecule has 27 heavy (non-hydrogen) atoms. The summed E-state index contributed by atoms with van der Waals surface area (Å²) in [4.78, 5) is 33.4. The molecule has 7 nitrogen and oxygen atoms in total. The highest BCUT2D eigenvalue weighted by atomic mass is 16.5. The largest absolute Gasteiger partial charge is 0.339 e. The second-order valence-corrected chi connectivity index (χ2v) is 7.85. The van der Waals surface area contributed by atoms with Gasteiger partial charge in [0.05, 0.1) is 6.04 Å². The minimum Gasteiger partial charge on any atom is -0.339 e. The van der Waals surface area contributed by atoms with Gasteiger partial charge in [-0.25, -0.2) is 0 Å². The lowest BCUT2D eigenvalue weighted by Crippen LogP contribution is -2.45. The zero-order chi connectivity index (χ0) is 19.4. The van der Waals surface area contributed by atoms with Crippen LogP contribution in [0.4, 0.5) is 0 Å². The third-order valence-electron chi connectivity index (χ3n) is 5.62. The third kappa shape index (κ3) is 4.39. The van der Waals surface area contributed by atoms with Gasteiger partial charge in [0.1, 0.15) is 0 Å². The molecule has 148 valence electrons. The zero-order valence-electron chi connectivity index (χ0n) is 16.4. The normalized spacial score (nSPS) is 22.0. The summed E-state index contributed by atoms with van der Waals surface area (Å²) in [6.07, 6.45) is 6.79. The molecule has 2 fully saturated rings. The van der Waals surface area contributed by atoms with Gasteiger partial charge in [-0.2, -0.15) is 4.98 Å². The summed E-state index contributed by atoms with van der Waals surface area (Å²) in [5.41, 5.74) is 0. The van der Waals surface area contributed by atoms with Crippen LogP contribution in [-0.4, -0.2) is 51.4 Å². The molecule has 1 aromatic heterocycles. The number of hydrogen-bond acceptors (Lipinski definition) is 5. The number of carbonyl (C=O) groups is 2. The van der Waals surface area contributed by atoms with Gasteiger partial charge in [0.2, 0.25) is 17.7 Å². The first-order chi connectivity index (χ1) is 13.0. The van der Waals surface area contributed by atoms with Crippen molar-refractivity contribution in [3.63, 3.8) is 0 Å². The van der Waals surface area contributed by atoms with Gasteiger partial charge < -0.3 is 14.3 Å². The molecule has 2 amide bonds. The molecule has 0 aromatic carbocycles. The molecule has 0 N–H and O–H groups in total. The van der Waals surface area contributed by atoms with Crippen LogP contribution in [0.2, 0.25) is 0 Å². The molecule has 2 aliphatic rings. The van der Waals surface area contributed by atoms with Crippen molar-refractivity contribution in [1.82, 2.24) is 19.9 Å². The first-order valence-corrected chi connectivity index (χ1v) is 10.1. The van der Waals surface area contributed by atoms with Crippen molar-refractivity contribution in [2.75, 3.05) is 19.6 Å². The van der Waals surface area contributed by atoms with Crippen molar-refractivity contribution in [2.24, 2.45) is 5.92 Å². The first kappa shape index (κ1) is 19.6. The highest BCUT2D eigenvalue weighted by Crippen LogP contribution is 2.32. The predicted octanol–water partition coefficient (Wildman–Crippen LogP) is 3.06. The Morgan fingerprint density at radius 2 is 1.89 bits per heavy atom. The quantitative estimate of drug-likeness (QED) is 0.757. The second kappa shape index (κ2) is 8.67. The molecule has 0 spiro atoms. The SMILES string of the molecule is C=CC(=O)N1CCC(C(=O)N2CCCCCC2c2noc(C(C)C)n2)CC1. The summed E-state index contributed by atoms with van der Waals surface area (Å²) in [6.45, 7) is 9.54. The minimum absolute atomic E-state index is 0.0454. The van der Waals surface area contributed by atoms with E-state index in [1.54, 1.807) is 4.90 Å². The fourth-order valence-electron chi connectivity index (χ4n) is 3.97. The van der Waals surface area contributed by atoms with E-state index in [-0.39, 0.29) is 29.7 Å². The minimum atomic E-state index is -0.107. The van der Waals surface area contributed by atoms with Crippen LogP contribution in [0.5, 0.6) is 0 Å². The van der Waals surface area contributed by atoms with Crippen LogP contribution in [0, 0.1) is 5.92 Å². The molecular formula is C20H30N4O3. The molecule has 2 aliphatic heterocycles. The Bertz CT molecular complexity index is 677. The smallest absolute Gasteiger partial charge is 0.245 e. The Hall–Kier alpha value is -2.18. The summed E-state index contributed by atoms with van der Waals surface area (Å²) in [5.74, 6) is 1.50. The lowest BCUT2D eigenvalue weighted by atomic mass is 9.94. The second-order valence-electron chi connectivity index (χ2n) is 7.85. The summed E-state index contributed by atoms with van der Waals surface area (Å²) in [7, 11) is 0. The van der Waals surface area contributed by atoms with Crippen LogP contribution < -0.4 is 0 Å². The van der Waals surface area contributed by atoms with Gasteiger partial charge in [0.15, 0.2) is 5.82 Å². The molecule has 3 heterocycles. The van der Waals surface area contributed by atoms with Gasteiger partial charge in [-0.15, -0.1) is 0 Å². The summed E-state index contributed by atoms with van der Waals surface area (Å²) in [6, 6.07) is -0.107. The molecule has 3 rings (SSSR count). The number of hydrogen-bond donors (Lipinski definition) is 0. The van der Waals surface area contributed by atoms with Gasteiger partial charge in [0, 0.05) is 31.5 Å². The van der Waals surface area contributed by atoms with E-state index in [1.807, 2.05) is 18.7 Å². The highest BCUT2D eigenvalue weighted by molar-refractivity contribution is 5.87. The maximum atomic E-state index is 13.3. The average Bonchev–Trinajstić information content (AvgIpc) is 3.05. The predicted molar refractivity (Wildman–Crippen MR) is 101 cm³/mol.